The van der Waals surface area contributed by atoms with E-state index in [2.05, 4.69) is 41.3 Å². The third-order valence-electron chi connectivity index (χ3n) is 5.83. The van der Waals surface area contributed by atoms with Crippen molar-refractivity contribution >= 4 is 52.5 Å². The lowest BCUT2D eigenvalue weighted by Crippen LogP contribution is -2.32. The van der Waals surface area contributed by atoms with Gasteiger partial charge < -0.3 is 15.2 Å². The van der Waals surface area contributed by atoms with Crippen molar-refractivity contribution < 1.29 is 9.59 Å². The number of hydrogen-bond acceptors (Lipinski definition) is 5. The molecule has 0 radical (unpaired) electrons. The molecule has 38 heavy (non-hydrogen) atoms. The number of halogens is 2. The fourth-order valence-corrected chi connectivity index (χ4v) is 5.51. The van der Waals surface area contributed by atoms with Gasteiger partial charge in [0.05, 0.1) is 22.4 Å². The molecule has 0 aliphatic heterocycles. The van der Waals surface area contributed by atoms with Crippen molar-refractivity contribution in [1.29, 1.82) is 0 Å². The summed E-state index contributed by atoms with van der Waals surface area (Å²) in [5, 5.41) is 16.1. The SMILES string of the molecule is C=CCn1c(SCC(=O)Nc2c(C)cc(C)cc2C)nnc1[C@H](CC(C)C)NC(=O)c1ccc(Cl)cc1Cl. The summed E-state index contributed by atoms with van der Waals surface area (Å²) in [5.41, 5.74) is 4.35. The standard InChI is InChI=1S/C28H33Cl2N5O2S/c1-7-10-35-26(23(11-16(2)3)31-27(37)21-9-8-20(29)14-22(21)30)33-34-28(35)38-15-24(36)32-25-18(5)12-17(4)13-19(25)6/h7-9,12-14,16,23H,1,10-11,15H2,2-6H3,(H,31,37)(H,32,36)/t23-/m0/s1. The Hall–Kier alpha value is -2.81. The molecule has 2 aromatic carbocycles. The summed E-state index contributed by atoms with van der Waals surface area (Å²) in [6, 6.07) is 8.42. The van der Waals surface area contributed by atoms with Crippen LogP contribution in [0.1, 0.15) is 59.2 Å². The van der Waals surface area contributed by atoms with Crippen LogP contribution in [0.4, 0.5) is 5.69 Å². The number of aryl methyl sites for hydroxylation is 3. The highest BCUT2D eigenvalue weighted by Gasteiger charge is 2.25. The number of allylic oxidation sites excluding steroid dienone is 1. The first-order chi connectivity index (χ1) is 18.0. The third kappa shape index (κ3) is 7.62. The topological polar surface area (TPSA) is 88.9 Å². The molecule has 0 bridgehead atoms. The van der Waals surface area contributed by atoms with Gasteiger partial charge in [0, 0.05) is 17.3 Å². The van der Waals surface area contributed by atoms with Gasteiger partial charge in [-0.15, -0.1) is 16.8 Å². The molecule has 0 aliphatic rings. The molecule has 2 amide bonds. The minimum atomic E-state index is -0.428. The van der Waals surface area contributed by atoms with Crippen molar-refractivity contribution in [3.8, 4) is 0 Å². The molecule has 2 N–H and O–H groups in total. The van der Waals surface area contributed by atoms with Crippen molar-refractivity contribution in [2.24, 2.45) is 5.92 Å². The van der Waals surface area contributed by atoms with Crippen LogP contribution in [0, 0.1) is 26.7 Å². The maximum absolute atomic E-state index is 13.1. The average molecular weight is 575 g/mol. The molecule has 0 saturated heterocycles. The molecule has 1 atom stereocenters. The van der Waals surface area contributed by atoms with Gasteiger partial charge in [0.2, 0.25) is 5.91 Å². The van der Waals surface area contributed by atoms with E-state index in [0.717, 1.165) is 22.4 Å². The molecule has 0 spiro atoms. The first kappa shape index (κ1) is 29.7. The Bertz CT molecular complexity index is 1320. The molecular formula is C28H33Cl2N5O2S. The first-order valence-corrected chi connectivity index (χ1v) is 14.0. The minimum absolute atomic E-state index is 0.135. The molecule has 7 nitrogen and oxygen atoms in total. The zero-order valence-electron chi connectivity index (χ0n) is 22.3. The first-order valence-electron chi connectivity index (χ1n) is 12.3. The molecule has 3 aromatic rings. The molecular weight excluding hydrogens is 541 g/mol. The number of anilines is 1. The van der Waals surface area contributed by atoms with Gasteiger partial charge in [-0.3, -0.25) is 9.59 Å². The summed E-state index contributed by atoms with van der Waals surface area (Å²) in [6.07, 6.45) is 2.36. The smallest absolute Gasteiger partial charge is 0.253 e. The lowest BCUT2D eigenvalue weighted by Gasteiger charge is -2.21. The number of hydrogen-bond donors (Lipinski definition) is 2. The van der Waals surface area contributed by atoms with E-state index < -0.39 is 6.04 Å². The van der Waals surface area contributed by atoms with Crippen LogP contribution in [0.2, 0.25) is 10.0 Å². The number of benzene rings is 2. The number of carbonyl (C=O) groups excluding carboxylic acids is 2. The zero-order chi connectivity index (χ0) is 28.0. The van der Waals surface area contributed by atoms with Crippen molar-refractivity contribution in [3.63, 3.8) is 0 Å². The van der Waals surface area contributed by atoms with Gasteiger partial charge >= 0.3 is 0 Å². The Balaban J connectivity index is 1.80. The van der Waals surface area contributed by atoms with Crippen molar-refractivity contribution in [2.45, 2.75) is 58.8 Å². The largest absolute Gasteiger partial charge is 0.342 e. The summed E-state index contributed by atoms with van der Waals surface area (Å²) in [4.78, 5) is 25.9. The summed E-state index contributed by atoms with van der Waals surface area (Å²) in [6.45, 7) is 14.4. The fourth-order valence-electron chi connectivity index (χ4n) is 4.26. The van der Waals surface area contributed by atoms with Crippen molar-refractivity contribution in [3.05, 3.63) is 81.1 Å². The predicted molar refractivity (Wildman–Crippen MR) is 156 cm³/mol. The van der Waals surface area contributed by atoms with E-state index in [4.69, 9.17) is 23.2 Å². The van der Waals surface area contributed by atoms with E-state index in [1.165, 1.54) is 17.8 Å². The second kappa shape index (κ2) is 13.3. The van der Waals surface area contributed by atoms with E-state index >= 15 is 0 Å². The highest BCUT2D eigenvalue weighted by Crippen LogP contribution is 2.28. The summed E-state index contributed by atoms with van der Waals surface area (Å²) < 4.78 is 1.88. The fraction of sp³-hybridized carbons (Fsp3) is 0.357. The molecule has 0 saturated carbocycles. The third-order valence-corrected chi connectivity index (χ3v) is 7.35. The maximum atomic E-state index is 13.1. The van der Waals surface area contributed by atoms with Crippen LogP contribution < -0.4 is 10.6 Å². The molecule has 1 heterocycles. The highest BCUT2D eigenvalue weighted by atomic mass is 35.5. The maximum Gasteiger partial charge on any atom is 0.253 e. The second-order valence-corrected chi connectivity index (χ2v) is 11.4. The van der Waals surface area contributed by atoms with Gasteiger partial charge in [0.1, 0.15) is 0 Å². The number of aromatic nitrogens is 3. The van der Waals surface area contributed by atoms with Crippen molar-refractivity contribution in [2.75, 3.05) is 11.1 Å². The molecule has 0 fully saturated rings. The van der Waals surface area contributed by atoms with Crippen LogP contribution in [-0.2, 0) is 11.3 Å². The zero-order valence-corrected chi connectivity index (χ0v) is 24.6. The number of nitrogens with zero attached hydrogens (tertiary/aromatic N) is 3. The Morgan fingerprint density at radius 2 is 1.79 bits per heavy atom. The number of carbonyl (C=O) groups is 2. The van der Waals surface area contributed by atoms with Crippen LogP contribution in [0.25, 0.3) is 0 Å². The number of rotatable bonds is 11. The van der Waals surface area contributed by atoms with Crippen LogP contribution in [0.5, 0.6) is 0 Å². The Morgan fingerprint density at radius 3 is 2.39 bits per heavy atom. The summed E-state index contributed by atoms with van der Waals surface area (Å²) >= 11 is 13.5. The second-order valence-electron chi connectivity index (χ2n) is 9.63. The van der Waals surface area contributed by atoms with Gasteiger partial charge in [-0.05, 0) is 62.4 Å². The molecule has 0 unspecified atom stereocenters. The summed E-state index contributed by atoms with van der Waals surface area (Å²) in [5.74, 6) is 0.541. The minimum Gasteiger partial charge on any atom is -0.342 e. The normalized spacial score (nSPS) is 11.9. The van der Waals surface area contributed by atoms with Crippen molar-refractivity contribution in [1.82, 2.24) is 20.1 Å². The van der Waals surface area contributed by atoms with Crippen LogP contribution in [0.15, 0.2) is 48.1 Å². The lowest BCUT2D eigenvalue weighted by molar-refractivity contribution is -0.113. The molecule has 202 valence electrons. The van der Waals surface area contributed by atoms with E-state index in [-0.39, 0.29) is 28.5 Å². The monoisotopic (exact) mass is 573 g/mol. The molecule has 1 aromatic heterocycles. The van der Waals surface area contributed by atoms with Gasteiger partial charge in [0.15, 0.2) is 11.0 Å². The van der Waals surface area contributed by atoms with E-state index in [1.807, 2.05) is 37.5 Å². The average Bonchev–Trinajstić information content (AvgIpc) is 3.22. The van der Waals surface area contributed by atoms with Gasteiger partial charge in [-0.1, -0.05) is 72.6 Å². The van der Waals surface area contributed by atoms with Crippen LogP contribution >= 0.6 is 35.0 Å². The van der Waals surface area contributed by atoms with Crippen LogP contribution in [-0.4, -0.2) is 32.3 Å². The van der Waals surface area contributed by atoms with Gasteiger partial charge in [0.25, 0.3) is 5.91 Å². The Kier molecular flexibility index (Phi) is 10.4. The summed E-state index contributed by atoms with van der Waals surface area (Å²) in [7, 11) is 0. The quantitative estimate of drug-likeness (QED) is 0.191. The molecule has 10 heteroatoms. The number of nitrogens with one attached hydrogen (secondary N) is 2. The van der Waals surface area contributed by atoms with Gasteiger partial charge in [-0.25, -0.2) is 0 Å². The van der Waals surface area contributed by atoms with E-state index in [1.54, 1.807) is 18.2 Å². The van der Waals surface area contributed by atoms with E-state index in [0.29, 0.717) is 34.5 Å². The van der Waals surface area contributed by atoms with Crippen LogP contribution in [0.3, 0.4) is 0 Å². The molecule has 0 aliphatic carbocycles. The van der Waals surface area contributed by atoms with Gasteiger partial charge in [-0.2, -0.15) is 0 Å². The highest BCUT2D eigenvalue weighted by molar-refractivity contribution is 7.99. The molecule has 3 rings (SSSR count). The lowest BCUT2D eigenvalue weighted by atomic mass is 10.0. The Morgan fingerprint density at radius 1 is 1.11 bits per heavy atom. The van der Waals surface area contributed by atoms with E-state index in [9.17, 15) is 9.59 Å². The number of thioether (sulfide) groups is 1. The Labute approximate surface area is 238 Å². The predicted octanol–water partition coefficient (Wildman–Crippen LogP) is 6.94. The number of amides is 2.